The monoisotopic (exact) mass is 201 g/mol. The van der Waals surface area contributed by atoms with Crippen LogP contribution in [0.4, 0.5) is 0 Å². The third kappa shape index (κ3) is 2.47. The van der Waals surface area contributed by atoms with Gasteiger partial charge in [-0.1, -0.05) is 20.3 Å². The van der Waals surface area contributed by atoms with E-state index in [0.717, 1.165) is 6.42 Å². The highest BCUT2D eigenvalue weighted by molar-refractivity contribution is 4.92. The molecule has 1 fully saturated rings. The Morgan fingerprint density at radius 1 is 1.43 bits per heavy atom. The molecule has 14 heavy (non-hydrogen) atoms. The van der Waals surface area contributed by atoms with Crippen molar-refractivity contribution >= 4 is 0 Å². The predicted molar refractivity (Wildman–Crippen MR) is 57.0 cm³/mol. The number of hydrogen-bond acceptors (Lipinski definition) is 3. The van der Waals surface area contributed by atoms with E-state index < -0.39 is 0 Å². The molecule has 0 spiro atoms. The maximum Gasteiger partial charge on any atom is 0.0833 e. The Hall–Kier alpha value is -0.120. The molecule has 0 aromatic heterocycles. The summed E-state index contributed by atoms with van der Waals surface area (Å²) in [5.74, 6) is 1.20. The van der Waals surface area contributed by atoms with Crippen molar-refractivity contribution in [2.75, 3.05) is 19.8 Å². The van der Waals surface area contributed by atoms with E-state index in [1.807, 2.05) is 0 Å². The normalized spacial score (nSPS) is 38.6. The molecule has 1 aliphatic rings. The summed E-state index contributed by atoms with van der Waals surface area (Å²) < 4.78 is 5.78. The summed E-state index contributed by atoms with van der Waals surface area (Å²) in [6.45, 7) is 5.52. The van der Waals surface area contributed by atoms with Crippen molar-refractivity contribution in [3.8, 4) is 0 Å². The maximum atomic E-state index is 8.79. The van der Waals surface area contributed by atoms with Crippen molar-refractivity contribution in [3.63, 3.8) is 0 Å². The summed E-state index contributed by atoms with van der Waals surface area (Å²) in [6, 6.07) is 0. The van der Waals surface area contributed by atoms with Crippen molar-refractivity contribution in [2.45, 2.75) is 38.7 Å². The lowest BCUT2D eigenvalue weighted by atomic mass is 9.72. The molecule has 0 bridgehead atoms. The van der Waals surface area contributed by atoms with Gasteiger partial charge < -0.3 is 15.6 Å². The second-order valence-electron chi connectivity index (χ2n) is 4.63. The zero-order valence-electron chi connectivity index (χ0n) is 9.33. The van der Waals surface area contributed by atoms with Gasteiger partial charge in [0.1, 0.15) is 0 Å². The predicted octanol–water partition coefficient (Wildman–Crippen LogP) is 1.15. The van der Waals surface area contributed by atoms with E-state index in [1.54, 1.807) is 0 Å². The zero-order chi connectivity index (χ0) is 10.6. The molecule has 84 valence electrons. The summed E-state index contributed by atoms with van der Waals surface area (Å²) in [7, 11) is 0. The van der Waals surface area contributed by atoms with Crippen LogP contribution in [0.1, 0.15) is 33.1 Å². The van der Waals surface area contributed by atoms with Gasteiger partial charge in [-0.15, -0.1) is 0 Å². The Labute approximate surface area is 86.6 Å². The molecule has 0 heterocycles. The van der Waals surface area contributed by atoms with Gasteiger partial charge in [-0.25, -0.2) is 0 Å². The van der Waals surface area contributed by atoms with E-state index in [1.165, 1.54) is 12.8 Å². The molecule has 0 saturated heterocycles. The molecule has 0 amide bonds. The van der Waals surface area contributed by atoms with Gasteiger partial charge in [0, 0.05) is 6.54 Å². The average Bonchev–Trinajstić information content (AvgIpc) is 2.20. The van der Waals surface area contributed by atoms with Crippen LogP contribution in [0, 0.1) is 11.8 Å². The van der Waals surface area contributed by atoms with Crippen LogP contribution in [0.25, 0.3) is 0 Å². The van der Waals surface area contributed by atoms with E-state index in [9.17, 15) is 0 Å². The highest BCUT2D eigenvalue weighted by atomic mass is 16.5. The van der Waals surface area contributed by atoms with Crippen LogP contribution in [-0.2, 0) is 4.74 Å². The third-order valence-corrected chi connectivity index (χ3v) is 3.51. The van der Waals surface area contributed by atoms with Crippen LogP contribution >= 0.6 is 0 Å². The molecule has 1 aliphatic carbocycles. The fourth-order valence-electron chi connectivity index (χ4n) is 2.48. The van der Waals surface area contributed by atoms with Crippen molar-refractivity contribution in [1.29, 1.82) is 0 Å². The van der Waals surface area contributed by atoms with E-state index in [4.69, 9.17) is 15.6 Å². The molecule has 1 saturated carbocycles. The molecular formula is C11H23NO2. The number of aliphatic hydroxyl groups excluding tert-OH is 1. The van der Waals surface area contributed by atoms with Crippen LogP contribution in [0.15, 0.2) is 0 Å². The largest absolute Gasteiger partial charge is 0.394 e. The number of nitrogens with two attached hydrogens (primary N) is 1. The number of ether oxygens (including phenoxy) is 1. The highest BCUT2D eigenvalue weighted by Crippen LogP contribution is 2.38. The quantitative estimate of drug-likeness (QED) is 0.717. The van der Waals surface area contributed by atoms with Gasteiger partial charge in [-0.3, -0.25) is 0 Å². The van der Waals surface area contributed by atoms with Crippen molar-refractivity contribution in [3.05, 3.63) is 0 Å². The topological polar surface area (TPSA) is 55.5 Å². The number of hydrogen-bond donors (Lipinski definition) is 2. The SMILES string of the molecule is CC1CCC(C)C(CN)(OCCO)C1. The Morgan fingerprint density at radius 2 is 2.14 bits per heavy atom. The minimum absolute atomic E-state index is 0.0862. The minimum atomic E-state index is -0.180. The Kier molecular flexibility index (Phi) is 4.35. The highest BCUT2D eigenvalue weighted by Gasteiger charge is 2.40. The van der Waals surface area contributed by atoms with E-state index in [2.05, 4.69) is 13.8 Å². The van der Waals surface area contributed by atoms with Gasteiger partial charge in [-0.05, 0) is 24.7 Å². The van der Waals surface area contributed by atoms with Gasteiger partial charge >= 0.3 is 0 Å². The van der Waals surface area contributed by atoms with Crippen LogP contribution in [0.3, 0.4) is 0 Å². The number of rotatable bonds is 4. The van der Waals surface area contributed by atoms with Gasteiger partial charge in [0.05, 0.1) is 18.8 Å². The van der Waals surface area contributed by atoms with Crippen molar-refractivity contribution in [2.24, 2.45) is 17.6 Å². The van der Waals surface area contributed by atoms with E-state index >= 15 is 0 Å². The molecule has 3 unspecified atom stereocenters. The van der Waals surface area contributed by atoms with E-state index in [0.29, 0.717) is 25.0 Å². The summed E-state index contributed by atoms with van der Waals surface area (Å²) in [5.41, 5.74) is 5.64. The van der Waals surface area contributed by atoms with Crippen molar-refractivity contribution in [1.82, 2.24) is 0 Å². The molecule has 3 nitrogen and oxygen atoms in total. The molecule has 3 atom stereocenters. The summed E-state index contributed by atoms with van der Waals surface area (Å²) in [4.78, 5) is 0. The fraction of sp³-hybridized carbons (Fsp3) is 1.00. The summed E-state index contributed by atoms with van der Waals surface area (Å²) in [6.07, 6.45) is 3.49. The van der Waals surface area contributed by atoms with Gasteiger partial charge in [0.15, 0.2) is 0 Å². The lowest BCUT2D eigenvalue weighted by Crippen LogP contribution is -2.50. The molecule has 0 aromatic rings. The molecule has 0 aliphatic heterocycles. The molecule has 1 rings (SSSR count). The Balaban J connectivity index is 2.62. The van der Waals surface area contributed by atoms with Crippen LogP contribution in [0.2, 0.25) is 0 Å². The first-order valence-corrected chi connectivity index (χ1v) is 5.59. The average molecular weight is 201 g/mol. The molecule has 3 N–H and O–H groups in total. The maximum absolute atomic E-state index is 8.79. The molecule has 3 heteroatoms. The van der Waals surface area contributed by atoms with Gasteiger partial charge in [-0.2, -0.15) is 0 Å². The lowest BCUT2D eigenvalue weighted by molar-refractivity contribution is -0.115. The molecular weight excluding hydrogens is 178 g/mol. The van der Waals surface area contributed by atoms with E-state index in [-0.39, 0.29) is 12.2 Å². The number of aliphatic hydroxyl groups is 1. The fourth-order valence-corrected chi connectivity index (χ4v) is 2.48. The lowest BCUT2D eigenvalue weighted by Gasteiger charge is -2.44. The Morgan fingerprint density at radius 3 is 2.71 bits per heavy atom. The first-order chi connectivity index (χ1) is 6.64. The van der Waals surface area contributed by atoms with Gasteiger partial charge in [0.2, 0.25) is 0 Å². The second kappa shape index (κ2) is 5.10. The summed E-state index contributed by atoms with van der Waals surface area (Å²) in [5, 5.41) is 8.79. The van der Waals surface area contributed by atoms with Crippen LogP contribution in [-0.4, -0.2) is 30.5 Å². The minimum Gasteiger partial charge on any atom is -0.394 e. The third-order valence-electron chi connectivity index (χ3n) is 3.51. The van der Waals surface area contributed by atoms with Crippen LogP contribution in [0.5, 0.6) is 0 Å². The first-order valence-electron chi connectivity index (χ1n) is 5.59. The van der Waals surface area contributed by atoms with Gasteiger partial charge in [0.25, 0.3) is 0 Å². The molecule has 0 radical (unpaired) electrons. The standard InChI is InChI=1S/C11H23NO2/c1-9-3-4-10(2)11(7-9,8-12)14-6-5-13/h9-10,13H,3-8,12H2,1-2H3. The second-order valence-corrected chi connectivity index (χ2v) is 4.63. The Bertz CT molecular complexity index is 175. The summed E-state index contributed by atoms with van der Waals surface area (Å²) >= 11 is 0. The first kappa shape index (κ1) is 12.0. The molecule has 0 aromatic carbocycles. The van der Waals surface area contributed by atoms with Crippen LogP contribution < -0.4 is 5.73 Å². The van der Waals surface area contributed by atoms with Crippen molar-refractivity contribution < 1.29 is 9.84 Å². The zero-order valence-corrected chi connectivity index (χ0v) is 9.33. The smallest absolute Gasteiger partial charge is 0.0833 e.